The number of carbonyl (C=O) groups excluding carboxylic acids is 2. The Morgan fingerprint density at radius 2 is 2.14 bits per heavy atom. The molecule has 0 saturated heterocycles. The van der Waals surface area contributed by atoms with Gasteiger partial charge >= 0.3 is 6.09 Å². The predicted molar refractivity (Wildman–Crippen MR) is 74.3 cm³/mol. The van der Waals surface area contributed by atoms with Gasteiger partial charge in [0.05, 0.1) is 23.8 Å². The molecule has 22 heavy (non-hydrogen) atoms. The van der Waals surface area contributed by atoms with E-state index in [0.29, 0.717) is 5.52 Å². The molecule has 0 atom stereocenters. The van der Waals surface area contributed by atoms with Crippen LogP contribution in [0.2, 0.25) is 0 Å². The molecule has 0 aliphatic rings. The van der Waals surface area contributed by atoms with E-state index >= 15 is 0 Å². The van der Waals surface area contributed by atoms with Gasteiger partial charge in [0.2, 0.25) is 0 Å². The minimum absolute atomic E-state index is 0.0636. The summed E-state index contributed by atoms with van der Waals surface area (Å²) >= 11 is 0. The molecule has 0 bridgehead atoms. The van der Waals surface area contributed by atoms with Crippen molar-refractivity contribution < 1.29 is 18.7 Å². The lowest BCUT2D eigenvalue weighted by molar-refractivity contribution is -0.122. The smallest absolute Gasteiger partial charge is 0.426 e. The zero-order chi connectivity index (χ0) is 16.1. The Kier molecular flexibility index (Phi) is 4.66. The normalized spacial score (nSPS) is 10.3. The number of benzene rings is 1. The zero-order valence-electron chi connectivity index (χ0n) is 11.6. The van der Waals surface area contributed by atoms with E-state index < -0.39 is 23.4 Å². The number of amides is 2. The fraction of sp³-hybridized carbons (Fsp3) is 0.231. The topological polar surface area (TPSA) is 102 Å². The molecule has 1 aromatic carbocycles. The number of hydrogen-bond acceptors (Lipinski definition) is 5. The number of halogens is 1. The molecule has 9 heteroatoms. The molecule has 2 rings (SSSR count). The van der Waals surface area contributed by atoms with Crippen molar-refractivity contribution in [2.45, 2.75) is 13.5 Å². The van der Waals surface area contributed by atoms with Crippen LogP contribution in [0.3, 0.4) is 0 Å². The average Bonchev–Trinajstić information content (AvgIpc) is 2.49. The molecule has 0 spiro atoms. The number of ether oxygens (including phenoxy) is 1. The molecule has 1 aromatic heterocycles. The maximum atomic E-state index is 13.2. The van der Waals surface area contributed by atoms with E-state index in [2.05, 4.69) is 15.1 Å². The van der Waals surface area contributed by atoms with Crippen molar-refractivity contribution in [3.8, 4) is 0 Å². The van der Waals surface area contributed by atoms with Gasteiger partial charge in [0.15, 0.2) is 0 Å². The van der Waals surface area contributed by atoms with Gasteiger partial charge in [0, 0.05) is 0 Å². The number of carbonyl (C=O) groups is 2. The van der Waals surface area contributed by atoms with Gasteiger partial charge in [-0.05, 0) is 25.1 Å². The number of aromatic nitrogens is 2. The lowest BCUT2D eigenvalue weighted by Gasteiger charge is -2.09. The fourth-order valence-corrected chi connectivity index (χ4v) is 1.73. The van der Waals surface area contributed by atoms with Crippen molar-refractivity contribution in [2.75, 3.05) is 6.61 Å². The molecule has 0 saturated carbocycles. The van der Waals surface area contributed by atoms with Crippen LogP contribution in [0.5, 0.6) is 0 Å². The Labute approximate surface area is 123 Å². The first kappa shape index (κ1) is 15.4. The van der Waals surface area contributed by atoms with E-state index in [4.69, 9.17) is 0 Å². The minimum atomic E-state index is -0.818. The molecule has 8 nitrogen and oxygen atoms in total. The monoisotopic (exact) mass is 308 g/mol. The van der Waals surface area contributed by atoms with E-state index in [0.717, 1.165) is 10.6 Å². The van der Waals surface area contributed by atoms with Gasteiger partial charge in [-0.3, -0.25) is 19.6 Å². The van der Waals surface area contributed by atoms with Crippen LogP contribution in [0.15, 0.2) is 29.3 Å². The van der Waals surface area contributed by atoms with Gasteiger partial charge in [0.1, 0.15) is 12.4 Å². The van der Waals surface area contributed by atoms with Crippen LogP contribution in [0, 0.1) is 5.82 Å². The van der Waals surface area contributed by atoms with E-state index in [-0.39, 0.29) is 18.5 Å². The first-order chi connectivity index (χ1) is 10.5. The van der Waals surface area contributed by atoms with Gasteiger partial charge in [-0.2, -0.15) is 0 Å². The number of hydrogen-bond donors (Lipinski definition) is 2. The lowest BCUT2D eigenvalue weighted by atomic mass is 10.2. The largest absolute Gasteiger partial charge is 0.449 e. The molecular formula is C13H13FN4O4. The van der Waals surface area contributed by atoms with Crippen LogP contribution >= 0.6 is 0 Å². The molecule has 1 heterocycles. The maximum Gasteiger partial charge on any atom is 0.426 e. The standard InChI is InChI=1S/C13H13FN4O4/c1-2-22-13(21)17-16-11(19)6-18-7-15-10-4-3-8(14)5-9(10)12(18)20/h3-5,7H,2,6H2,1H3,(H,16,19)(H,17,21). The van der Waals surface area contributed by atoms with Crippen molar-refractivity contribution in [2.24, 2.45) is 0 Å². The van der Waals surface area contributed by atoms with Gasteiger partial charge in [-0.1, -0.05) is 0 Å². The third-order valence-electron chi connectivity index (χ3n) is 2.68. The van der Waals surface area contributed by atoms with Crippen LogP contribution in [0.4, 0.5) is 9.18 Å². The Morgan fingerprint density at radius 3 is 2.86 bits per heavy atom. The highest BCUT2D eigenvalue weighted by Gasteiger charge is 2.10. The molecule has 0 radical (unpaired) electrons. The van der Waals surface area contributed by atoms with Crippen LogP contribution in [0.1, 0.15) is 6.92 Å². The van der Waals surface area contributed by atoms with Crippen LogP contribution in [0.25, 0.3) is 10.9 Å². The summed E-state index contributed by atoms with van der Waals surface area (Å²) < 4.78 is 18.7. The van der Waals surface area contributed by atoms with Gasteiger partial charge in [-0.25, -0.2) is 19.6 Å². The molecule has 0 unspecified atom stereocenters. The number of nitrogens with one attached hydrogen (secondary N) is 2. The molecule has 0 aliphatic carbocycles. The second-order valence-corrected chi connectivity index (χ2v) is 4.23. The molecule has 0 aliphatic heterocycles. The minimum Gasteiger partial charge on any atom is -0.449 e. The molecule has 2 aromatic rings. The molecule has 116 valence electrons. The van der Waals surface area contributed by atoms with E-state index in [9.17, 15) is 18.8 Å². The first-order valence-corrected chi connectivity index (χ1v) is 6.37. The molecule has 2 amide bonds. The van der Waals surface area contributed by atoms with Crippen LogP contribution in [-0.2, 0) is 16.1 Å². The quantitative estimate of drug-likeness (QED) is 0.795. The van der Waals surface area contributed by atoms with Crippen molar-refractivity contribution in [3.63, 3.8) is 0 Å². The van der Waals surface area contributed by atoms with Crippen molar-refractivity contribution in [1.82, 2.24) is 20.4 Å². The third-order valence-corrected chi connectivity index (χ3v) is 2.68. The summed E-state index contributed by atoms with van der Waals surface area (Å²) in [5, 5.41) is 0.0636. The zero-order valence-corrected chi connectivity index (χ0v) is 11.6. The van der Waals surface area contributed by atoms with E-state index in [1.165, 1.54) is 18.5 Å². The first-order valence-electron chi connectivity index (χ1n) is 6.37. The van der Waals surface area contributed by atoms with Crippen LogP contribution in [-0.4, -0.2) is 28.2 Å². The summed E-state index contributed by atoms with van der Waals surface area (Å²) in [4.78, 5) is 38.7. The predicted octanol–water partition coefficient (Wildman–Crippen LogP) is 0.313. The molecule has 0 fully saturated rings. The average molecular weight is 308 g/mol. The summed E-state index contributed by atoms with van der Waals surface area (Å²) in [6.45, 7) is 1.38. The molecule has 2 N–H and O–H groups in total. The van der Waals surface area contributed by atoms with Crippen LogP contribution < -0.4 is 16.4 Å². The summed E-state index contributed by atoms with van der Waals surface area (Å²) in [6.07, 6.45) is 0.355. The highest BCUT2D eigenvalue weighted by molar-refractivity contribution is 5.80. The number of nitrogens with zero attached hydrogens (tertiary/aromatic N) is 2. The highest BCUT2D eigenvalue weighted by atomic mass is 19.1. The van der Waals surface area contributed by atoms with E-state index in [1.807, 2.05) is 5.43 Å². The number of hydrazine groups is 1. The fourth-order valence-electron chi connectivity index (χ4n) is 1.73. The Hall–Kier alpha value is -2.97. The summed E-state index contributed by atoms with van der Waals surface area (Å²) in [5.41, 5.74) is 3.86. The van der Waals surface area contributed by atoms with Crippen molar-refractivity contribution in [1.29, 1.82) is 0 Å². The highest BCUT2D eigenvalue weighted by Crippen LogP contribution is 2.08. The number of fused-ring (bicyclic) bond motifs is 1. The SMILES string of the molecule is CCOC(=O)NNC(=O)Cn1cnc2ccc(F)cc2c1=O. The summed E-state index contributed by atoms with van der Waals surface area (Å²) in [7, 11) is 0. The second-order valence-electron chi connectivity index (χ2n) is 4.23. The summed E-state index contributed by atoms with van der Waals surface area (Å²) in [6, 6.07) is 3.61. The Morgan fingerprint density at radius 1 is 1.36 bits per heavy atom. The van der Waals surface area contributed by atoms with Gasteiger partial charge < -0.3 is 4.74 Å². The van der Waals surface area contributed by atoms with Gasteiger partial charge in [-0.15, -0.1) is 0 Å². The number of rotatable bonds is 3. The molecular weight excluding hydrogens is 295 g/mol. The van der Waals surface area contributed by atoms with Crippen molar-refractivity contribution in [3.05, 3.63) is 40.7 Å². The van der Waals surface area contributed by atoms with E-state index in [1.54, 1.807) is 6.92 Å². The van der Waals surface area contributed by atoms with Gasteiger partial charge in [0.25, 0.3) is 11.5 Å². The Bertz CT molecular complexity index is 774. The Balaban J connectivity index is 2.11. The second kappa shape index (κ2) is 6.66. The summed E-state index contributed by atoms with van der Waals surface area (Å²) in [5.74, 6) is -1.23. The third kappa shape index (κ3) is 3.57. The maximum absolute atomic E-state index is 13.2. The lowest BCUT2D eigenvalue weighted by Crippen LogP contribution is -2.44. The van der Waals surface area contributed by atoms with Crippen molar-refractivity contribution >= 4 is 22.9 Å².